The molecular weight excluding hydrogens is 388 g/mol. The van der Waals surface area contributed by atoms with Gasteiger partial charge in [-0.15, -0.1) is 11.3 Å². The molecule has 0 saturated heterocycles. The van der Waals surface area contributed by atoms with Crippen LogP contribution in [0.25, 0.3) is 5.69 Å². The van der Waals surface area contributed by atoms with Gasteiger partial charge < -0.3 is 9.47 Å². The number of nitrogens with zero attached hydrogens (tertiary/aromatic N) is 5. The summed E-state index contributed by atoms with van der Waals surface area (Å²) < 4.78 is 6.60. The summed E-state index contributed by atoms with van der Waals surface area (Å²) in [6, 6.07) is 14.4. The topological polar surface area (TPSA) is 45.0 Å². The summed E-state index contributed by atoms with van der Waals surface area (Å²) in [5.41, 5.74) is 2.25. The zero-order valence-electron chi connectivity index (χ0n) is 15.9. The Bertz CT molecular complexity index is 1090. The first-order valence-electron chi connectivity index (χ1n) is 9.15. The minimum atomic E-state index is 0.716. The molecule has 0 amide bonds. The monoisotopic (exact) mass is 411 g/mol. The minimum Gasteiger partial charge on any atom is -0.315 e. The van der Waals surface area contributed by atoms with Gasteiger partial charge in [0.15, 0.2) is 6.67 Å². The van der Waals surface area contributed by atoms with Gasteiger partial charge >= 0.3 is 0 Å². The van der Waals surface area contributed by atoms with Gasteiger partial charge in [0.05, 0.1) is 18.9 Å². The highest BCUT2D eigenvalue weighted by Crippen LogP contribution is 2.13. The van der Waals surface area contributed by atoms with Gasteiger partial charge in [-0.2, -0.15) is 14.9 Å². The molecule has 144 valence electrons. The summed E-state index contributed by atoms with van der Waals surface area (Å²) in [5.74, 6) is 0.997. The molecule has 3 heterocycles. The molecule has 0 aliphatic rings. The fourth-order valence-electron chi connectivity index (χ4n) is 3.19. The van der Waals surface area contributed by atoms with Crippen molar-refractivity contribution in [1.82, 2.24) is 24.1 Å². The zero-order chi connectivity index (χ0) is 19.5. The number of benzene rings is 1. The number of aromatic nitrogens is 5. The van der Waals surface area contributed by atoms with Crippen LogP contribution in [0.2, 0.25) is 0 Å². The van der Waals surface area contributed by atoms with Crippen molar-refractivity contribution in [2.75, 3.05) is 7.05 Å². The van der Waals surface area contributed by atoms with Crippen LogP contribution in [0, 0.1) is 4.77 Å². The lowest BCUT2D eigenvalue weighted by Gasteiger charge is -2.12. The lowest BCUT2D eigenvalue weighted by Crippen LogP contribution is -3.07. The van der Waals surface area contributed by atoms with Gasteiger partial charge in [0.1, 0.15) is 12.4 Å². The lowest BCUT2D eigenvalue weighted by atomic mass is 10.3. The third-order valence-electron chi connectivity index (χ3n) is 4.63. The van der Waals surface area contributed by atoms with Crippen LogP contribution in [0.15, 0.2) is 60.2 Å². The molecule has 1 N–H and O–H groups in total. The van der Waals surface area contributed by atoms with Crippen LogP contribution in [-0.4, -0.2) is 31.2 Å². The Hall–Kier alpha value is -2.55. The highest BCUT2D eigenvalue weighted by molar-refractivity contribution is 7.71. The molecule has 0 spiro atoms. The van der Waals surface area contributed by atoms with Crippen molar-refractivity contribution in [3.05, 3.63) is 81.3 Å². The number of thiophene rings is 1. The van der Waals surface area contributed by atoms with E-state index >= 15 is 0 Å². The van der Waals surface area contributed by atoms with Crippen LogP contribution in [0.3, 0.4) is 0 Å². The molecule has 28 heavy (non-hydrogen) atoms. The first-order chi connectivity index (χ1) is 13.6. The molecule has 0 bridgehead atoms. The number of hydrogen-bond acceptors (Lipinski definition) is 4. The quantitative estimate of drug-likeness (QED) is 0.475. The molecule has 0 saturated carbocycles. The third-order valence-corrected chi connectivity index (χ3v) is 5.99. The van der Waals surface area contributed by atoms with Crippen molar-refractivity contribution in [1.29, 1.82) is 0 Å². The molecule has 6 nitrogen and oxygen atoms in total. The average molecular weight is 412 g/mol. The van der Waals surface area contributed by atoms with Gasteiger partial charge in [-0.3, -0.25) is 0 Å². The summed E-state index contributed by atoms with van der Waals surface area (Å²) in [6.45, 7) is 1.57. The maximum atomic E-state index is 5.60. The molecule has 0 aliphatic heterocycles. The second-order valence-corrected chi connectivity index (χ2v) is 8.33. The minimum absolute atomic E-state index is 0.716. The van der Waals surface area contributed by atoms with E-state index in [9.17, 15) is 0 Å². The molecular formula is C20H23N6S2+. The van der Waals surface area contributed by atoms with Crippen molar-refractivity contribution in [3.63, 3.8) is 0 Å². The molecule has 0 radical (unpaired) electrons. The third kappa shape index (κ3) is 4.14. The molecule has 0 fully saturated rings. The fraction of sp³-hybridized carbons (Fsp3) is 0.250. The van der Waals surface area contributed by atoms with E-state index in [0.717, 1.165) is 29.2 Å². The van der Waals surface area contributed by atoms with Crippen molar-refractivity contribution in [2.45, 2.75) is 19.6 Å². The summed E-state index contributed by atoms with van der Waals surface area (Å²) >= 11 is 7.34. The van der Waals surface area contributed by atoms with Crippen LogP contribution >= 0.6 is 23.6 Å². The molecule has 3 aromatic heterocycles. The van der Waals surface area contributed by atoms with E-state index in [-0.39, 0.29) is 0 Å². The molecule has 1 aromatic carbocycles. The van der Waals surface area contributed by atoms with E-state index in [4.69, 9.17) is 17.3 Å². The van der Waals surface area contributed by atoms with Crippen LogP contribution in [0.1, 0.15) is 16.3 Å². The fourth-order valence-corrected chi connectivity index (χ4v) is 4.10. The Morgan fingerprint density at radius 1 is 1.14 bits per heavy atom. The van der Waals surface area contributed by atoms with E-state index in [1.165, 1.54) is 15.3 Å². The molecule has 1 unspecified atom stereocenters. The molecule has 4 rings (SSSR count). The number of quaternary nitrogens is 1. The van der Waals surface area contributed by atoms with Crippen LogP contribution < -0.4 is 4.90 Å². The zero-order valence-corrected chi connectivity index (χ0v) is 17.6. The van der Waals surface area contributed by atoms with Gasteiger partial charge in [0.25, 0.3) is 0 Å². The first-order valence-corrected chi connectivity index (χ1v) is 10.4. The van der Waals surface area contributed by atoms with E-state index < -0.39 is 0 Å². The Labute approximate surface area is 173 Å². The summed E-state index contributed by atoms with van der Waals surface area (Å²) in [4.78, 5) is 2.59. The van der Waals surface area contributed by atoms with Gasteiger partial charge in [-0.05, 0) is 35.8 Å². The maximum Gasteiger partial charge on any atom is 0.202 e. The molecule has 0 aliphatic carbocycles. The Morgan fingerprint density at radius 3 is 2.71 bits per heavy atom. The predicted molar refractivity (Wildman–Crippen MR) is 113 cm³/mol. The number of rotatable bonds is 7. The molecule has 4 aromatic rings. The largest absolute Gasteiger partial charge is 0.315 e. The normalized spacial score (nSPS) is 12.4. The maximum absolute atomic E-state index is 5.60. The molecule has 8 heteroatoms. The van der Waals surface area contributed by atoms with E-state index in [1.54, 1.807) is 11.3 Å². The van der Waals surface area contributed by atoms with Gasteiger partial charge in [-0.25, -0.2) is 4.68 Å². The van der Waals surface area contributed by atoms with Crippen LogP contribution in [0.5, 0.6) is 0 Å². The van der Waals surface area contributed by atoms with E-state index in [0.29, 0.717) is 6.67 Å². The van der Waals surface area contributed by atoms with Crippen LogP contribution in [-0.2, 0) is 26.7 Å². The summed E-state index contributed by atoms with van der Waals surface area (Å²) in [7, 11) is 4.14. The van der Waals surface area contributed by atoms with Gasteiger partial charge in [0, 0.05) is 30.1 Å². The lowest BCUT2D eigenvalue weighted by molar-refractivity contribution is -0.917. The van der Waals surface area contributed by atoms with Gasteiger partial charge in [-0.1, -0.05) is 24.3 Å². The highest BCUT2D eigenvalue weighted by Gasteiger charge is 2.13. The highest BCUT2D eigenvalue weighted by atomic mass is 32.1. The first kappa shape index (κ1) is 18.8. The van der Waals surface area contributed by atoms with E-state index in [2.05, 4.69) is 48.0 Å². The number of para-hydroxylation sites is 1. The summed E-state index contributed by atoms with van der Waals surface area (Å²) in [6.07, 6.45) is 4.82. The second kappa shape index (κ2) is 8.22. The van der Waals surface area contributed by atoms with Gasteiger partial charge in [0.2, 0.25) is 4.77 Å². The van der Waals surface area contributed by atoms with Crippen LogP contribution in [0.4, 0.5) is 0 Å². The standard InChI is InChI=1S/C20H22N6S2/c1-23(13-16-12-21-25(14-16)17-7-4-3-5-8-17)15-26-20(27)24(2)19(22-26)11-18-9-6-10-28-18/h3-10,12,14H,11,13,15H2,1-2H3/p+1. The number of nitrogens with one attached hydrogen (secondary N) is 1. The molecule has 1 atom stereocenters. The predicted octanol–water partition coefficient (Wildman–Crippen LogP) is 2.46. The van der Waals surface area contributed by atoms with Crippen molar-refractivity contribution < 1.29 is 4.90 Å². The average Bonchev–Trinajstić information content (AvgIpc) is 3.42. The van der Waals surface area contributed by atoms with Crippen molar-refractivity contribution in [2.24, 2.45) is 7.05 Å². The van der Waals surface area contributed by atoms with Crippen molar-refractivity contribution >= 4 is 23.6 Å². The van der Waals surface area contributed by atoms with E-state index in [1.807, 2.05) is 45.4 Å². The number of hydrogen-bond donors (Lipinski definition) is 1. The Balaban J connectivity index is 1.43. The second-order valence-electron chi connectivity index (χ2n) is 6.93. The Morgan fingerprint density at radius 2 is 1.96 bits per heavy atom. The van der Waals surface area contributed by atoms with Crippen molar-refractivity contribution in [3.8, 4) is 5.69 Å². The summed E-state index contributed by atoms with van der Waals surface area (Å²) in [5, 5.41) is 11.3. The smallest absolute Gasteiger partial charge is 0.202 e. The Kier molecular flexibility index (Phi) is 5.52. The SMILES string of the molecule is Cn1c(Cc2cccs2)nn(C[NH+](C)Cc2cnn(-c3ccccc3)c2)c1=S.